The Morgan fingerprint density at radius 1 is 0.529 bits per heavy atom. The molecule has 0 atom stereocenters. The minimum Gasteiger partial charge on any atom is -0.436 e. The van der Waals surface area contributed by atoms with E-state index in [1.165, 1.54) is 43.8 Å². The minimum atomic E-state index is -0.0753. The summed E-state index contributed by atoms with van der Waals surface area (Å²) in [4.78, 5) is 10.2. The van der Waals surface area contributed by atoms with Crippen molar-refractivity contribution in [2.75, 3.05) is 0 Å². The second-order valence-electron chi connectivity index (χ2n) is 15.6. The summed E-state index contributed by atoms with van der Waals surface area (Å²) in [7, 11) is 0. The third kappa shape index (κ3) is 6.25. The van der Waals surface area contributed by atoms with Crippen LogP contribution in [-0.2, 0) is 10.8 Å². The molecule has 0 fully saturated rings. The van der Waals surface area contributed by atoms with E-state index in [2.05, 4.69) is 157 Å². The summed E-state index contributed by atoms with van der Waals surface area (Å²) in [6, 6.07) is 49.5. The number of para-hydroxylation sites is 1. The zero-order valence-electron chi connectivity index (χ0n) is 30.2. The standard InChI is InChI=1S/C48H42N2O/c1-47(2,3)36-16-13-15-33(27-36)31-22-24-32(25-23-31)42-28-37(48(4,5)6)29-44-45(42)50-46(51-44)41-20-11-12-21-43(41)49-30-35-26-34-14-7-8-17-38(34)40-19-10-9-18-39(35)40/h7-30H,1-6H3. The molecule has 1 aromatic heterocycles. The van der Waals surface area contributed by atoms with Gasteiger partial charge in [0.2, 0.25) is 5.89 Å². The Hall–Kier alpha value is -5.80. The van der Waals surface area contributed by atoms with Gasteiger partial charge in [0, 0.05) is 17.3 Å². The van der Waals surface area contributed by atoms with E-state index in [1.807, 2.05) is 30.5 Å². The third-order valence-corrected chi connectivity index (χ3v) is 9.90. The highest BCUT2D eigenvalue weighted by molar-refractivity contribution is 6.14. The van der Waals surface area contributed by atoms with Gasteiger partial charge in [0.15, 0.2) is 5.58 Å². The lowest BCUT2D eigenvalue weighted by molar-refractivity contribution is 0.584. The molecule has 250 valence electrons. The van der Waals surface area contributed by atoms with Gasteiger partial charge in [-0.2, -0.15) is 0 Å². The summed E-state index contributed by atoms with van der Waals surface area (Å²) in [5.41, 5.74) is 11.5. The van der Waals surface area contributed by atoms with Crippen LogP contribution in [0.4, 0.5) is 5.69 Å². The van der Waals surface area contributed by atoms with Gasteiger partial charge in [-0.3, -0.25) is 4.99 Å². The van der Waals surface area contributed by atoms with Crippen LogP contribution in [0.25, 0.3) is 66.4 Å². The number of aliphatic imine (C=N–C) groups is 1. The minimum absolute atomic E-state index is 0.0753. The van der Waals surface area contributed by atoms with Crippen molar-refractivity contribution in [3.05, 3.63) is 156 Å². The lowest BCUT2D eigenvalue weighted by Gasteiger charge is -2.20. The number of benzene rings is 7. The van der Waals surface area contributed by atoms with Gasteiger partial charge in [0.1, 0.15) is 5.52 Å². The lowest BCUT2D eigenvalue weighted by Crippen LogP contribution is -2.11. The van der Waals surface area contributed by atoms with Crippen LogP contribution >= 0.6 is 0 Å². The zero-order valence-corrected chi connectivity index (χ0v) is 30.2. The van der Waals surface area contributed by atoms with Crippen LogP contribution in [0, 0.1) is 0 Å². The second-order valence-corrected chi connectivity index (χ2v) is 15.6. The van der Waals surface area contributed by atoms with Gasteiger partial charge in [0.25, 0.3) is 0 Å². The van der Waals surface area contributed by atoms with Crippen molar-refractivity contribution in [3.63, 3.8) is 0 Å². The molecule has 3 heteroatoms. The molecule has 0 spiro atoms. The summed E-state index contributed by atoms with van der Waals surface area (Å²) in [5.74, 6) is 0.559. The number of oxazole rings is 1. The molecule has 0 aliphatic carbocycles. The van der Waals surface area contributed by atoms with E-state index in [-0.39, 0.29) is 10.8 Å². The molecular weight excluding hydrogens is 621 g/mol. The molecule has 0 bridgehead atoms. The van der Waals surface area contributed by atoms with Crippen molar-refractivity contribution >= 4 is 44.5 Å². The van der Waals surface area contributed by atoms with E-state index in [9.17, 15) is 0 Å². The Morgan fingerprint density at radius 2 is 1.20 bits per heavy atom. The first-order valence-electron chi connectivity index (χ1n) is 17.7. The smallest absolute Gasteiger partial charge is 0.229 e. The van der Waals surface area contributed by atoms with Crippen molar-refractivity contribution in [3.8, 4) is 33.7 Å². The van der Waals surface area contributed by atoms with E-state index < -0.39 is 0 Å². The second kappa shape index (κ2) is 12.5. The molecule has 0 saturated heterocycles. The predicted octanol–water partition coefficient (Wildman–Crippen LogP) is 13.5. The average molecular weight is 663 g/mol. The number of rotatable bonds is 5. The summed E-state index contributed by atoms with van der Waals surface area (Å²) in [6.07, 6.45) is 1.97. The highest BCUT2D eigenvalue weighted by Gasteiger charge is 2.22. The van der Waals surface area contributed by atoms with E-state index in [4.69, 9.17) is 14.4 Å². The highest BCUT2D eigenvalue weighted by Crippen LogP contribution is 2.39. The van der Waals surface area contributed by atoms with Gasteiger partial charge in [0.05, 0.1) is 11.3 Å². The molecule has 0 aliphatic heterocycles. The van der Waals surface area contributed by atoms with Gasteiger partial charge >= 0.3 is 0 Å². The largest absolute Gasteiger partial charge is 0.436 e. The maximum atomic E-state index is 6.63. The monoisotopic (exact) mass is 662 g/mol. The maximum absolute atomic E-state index is 6.63. The number of aromatic nitrogens is 1. The van der Waals surface area contributed by atoms with Crippen LogP contribution in [0.5, 0.6) is 0 Å². The first-order chi connectivity index (χ1) is 24.5. The molecule has 0 aliphatic rings. The average Bonchev–Trinajstić information content (AvgIpc) is 3.57. The summed E-state index contributed by atoms with van der Waals surface area (Å²) < 4.78 is 6.63. The van der Waals surface area contributed by atoms with Crippen molar-refractivity contribution in [2.45, 2.75) is 52.4 Å². The normalized spacial score (nSPS) is 12.4. The fourth-order valence-electron chi connectivity index (χ4n) is 6.90. The lowest BCUT2D eigenvalue weighted by atomic mass is 9.84. The Morgan fingerprint density at radius 3 is 1.96 bits per heavy atom. The van der Waals surface area contributed by atoms with Gasteiger partial charge in [-0.05, 0) is 90.5 Å². The first-order valence-corrected chi connectivity index (χ1v) is 17.7. The summed E-state index contributed by atoms with van der Waals surface area (Å²) in [5, 5.41) is 4.83. The van der Waals surface area contributed by atoms with Gasteiger partial charge in [-0.15, -0.1) is 0 Å². The summed E-state index contributed by atoms with van der Waals surface area (Å²) >= 11 is 0. The van der Waals surface area contributed by atoms with Gasteiger partial charge < -0.3 is 4.42 Å². The zero-order chi connectivity index (χ0) is 35.3. The molecule has 0 N–H and O–H groups in total. The van der Waals surface area contributed by atoms with Gasteiger partial charge in [-0.25, -0.2) is 4.98 Å². The quantitative estimate of drug-likeness (QED) is 0.136. The van der Waals surface area contributed by atoms with Crippen molar-refractivity contribution in [2.24, 2.45) is 4.99 Å². The highest BCUT2D eigenvalue weighted by atomic mass is 16.3. The van der Waals surface area contributed by atoms with Crippen LogP contribution < -0.4 is 0 Å². The molecular formula is C48H42N2O. The molecule has 0 saturated carbocycles. The molecule has 51 heavy (non-hydrogen) atoms. The van der Waals surface area contributed by atoms with E-state index in [0.29, 0.717) is 5.89 Å². The number of hydrogen-bond donors (Lipinski definition) is 0. The summed E-state index contributed by atoms with van der Waals surface area (Å²) in [6.45, 7) is 13.5. The Bertz CT molecular complexity index is 2590. The van der Waals surface area contributed by atoms with Crippen LogP contribution in [-0.4, -0.2) is 11.2 Å². The van der Waals surface area contributed by atoms with E-state index in [1.54, 1.807) is 0 Å². The van der Waals surface area contributed by atoms with Crippen LogP contribution in [0.3, 0.4) is 0 Å². The Labute approximate surface area is 300 Å². The molecule has 3 nitrogen and oxygen atoms in total. The number of nitrogens with zero attached hydrogens (tertiary/aromatic N) is 2. The molecule has 1 heterocycles. The SMILES string of the molecule is CC(C)(C)c1cccc(-c2ccc(-c3cc(C(C)(C)C)cc4oc(-c5ccccc5N=Cc5cc6ccccc6c6ccccc56)nc34)cc2)c1. The fraction of sp³-hybridized carbons (Fsp3) is 0.167. The number of fused-ring (bicyclic) bond motifs is 4. The fourth-order valence-corrected chi connectivity index (χ4v) is 6.90. The van der Waals surface area contributed by atoms with Crippen LogP contribution in [0.15, 0.2) is 149 Å². The van der Waals surface area contributed by atoms with Crippen LogP contribution in [0.2, 0.25) is 0 Å². The predicted molar refractivity (Wildman–Crippen MR) is 216 cm³/mol. The van der Waals surface area contributed by atoms with Crippen molar-refractivity contribution in [1.82, 2.24) is 4.98 Å². The maximum Gasteiger partial charge on any atom is 0.229 e. The van der Waals surface area contributed by atoms with Crippen molar-refractivity contribution < 1.29 is 4.42 Å². The molecule has 8 rings (SSSR count). The van der Waals surface area contributed by atoms with Gasteiger partial charge in [-0.1, -0.05) is 151 Å². The molecule has 0 radical (unpaired) electrons. The third-order valence-electron chi connectivity index (χ3n) is 9.90. The van der Waals surface area contributed by atoms with E-state index >= 15 is 0 Å². The topological polar surface area (TPSA) is 38.4 Å². The molecule has 0 unspecified atom stereocenters. The van der Waals surface area contributed by atoms with Crippen LogP contribution in [0.1, 0.15) is 58.2 Å². The van der Waals surface area contributed by atoms with E-state index in [0.717, 1.165) is 39.0 Å². The molecule has 0 amide bonds. The molecule has 8 aromatic rings. The first kappa shape index (κ1) is 32.4. The van der Waals surface area contributed by atoms with Crippen molar-refractivity contribution in [1.29, 1.82) is 0 Å². The Balaban J connectivity index is 1.21. The molecule has 7 aromatic carbocycles. The Kier molecular flexibility index (Phi) is 7.95. The number of hydrogen-bond acceptors (Lipinski definition) is 3.